The van der Waals surface area contributed by atoms with Crippen LogP contribution < -0.4 is 0 Å². The van der Waals surface area contributed by atoms with Gasteiger partial charge in [-0.15, -0.1) is 0 Å². The molecule has 0 spiro atoms. The molecule has 0 aromatic rings. The van der Waals surface area contributed by atoms with Gasteiger partial charge in [0.25, 0.3) is 0 Å². The van der Waals surface area contributed by atoms with Crippen LogP contribution in [-0.4, -0.2) is 112 Å². The van der Waals surface area contributed by atoms with Gasteiger partial charge in [0.15, 0.2) is 0 Å². The maximum absolute atomic E-state index is 5.32. The number of nitrogens with zero attached hydrogens (tertiary/aromatic N) is 5. The van der Waals surface area contributed by atoms with Gasteiger partial charge in [-0.3, -0.25) is 0 Å². The summed E-state index contributed by atoms with van der Waals surface area (Å²) in [5, 5.41) is 0. The van der Waals surface area contributed by atoms with E-state index in [-0.39, 0.29) is 18.6 Å². The van der Waals surface area contributed by atoms with Crippen LogP contribution in [0.4, 0.5) is 0 Å². The van der Waals surface area contributed by atoms with E-state index in [4.69, 9.17) is 124 Å². The van der Waals surface area contributed by atoms with Crippen molar-refractivity contribution < 1.29 is 18.6 Å². The molecule has 0 aliphatic rings. The van der Waals surface area contributed by atoms with Crippen molar-refractivity contribution in [3.05, 3.63) is 0 Å². The molecule has 0 heterocycles. The predicted molar refractivity (Wildman–Crippen MR) is 491 cm³/mol. The Morgan fingerprint density at radius 1 is 0.188 bits per heavy atom. The van der Waals surface area contributed by atoms with Crippen molar-refractivity contribution in [2.45, 2.75) is 395 Å². The molecular formula is C85H170N5S10V. The summed E-state index contributed by atoms with van der Waals surface area (Å²) in [6, 6.07) is 0. The Hall–Kier alpha value is 1.13. The second-order valence-corrected chi connectivity index (χ2v) is 35.2. The summed E-state index contributed by atoms with van der Waals surface area (Å²) < 4.78 is 3.38. The first kappa shape index (κ1) is 113. The summed E-state index contributed by atoms with van der Waals surface area (Å²) in [4.78, 5) is 11.5. The molecule has 0 aliphatic carbocycles. The zero-order valence-corrected chi connectivity index (χ0v) is 80.0. The molecule has 0 aliphatic heterocycles. The molecule has 10 unspecified atom stereocenters. The van der Waals surface area contributed by atoms with Crippen LogP contribution >= 0.6 is 61.1 Å². The smallest absolute Gasteiger partial charge is 0.411 e. The van der Waals surface area contributed by atoms with Crippen LogP contribution in [-0.2, 0) is 81.7 Å². The fourth-order valence-corrected chi connectivity index (χ4v) is 14.9. The van der Waals surface area contributed by atoms with Gasteiger partial charge in [0, 0.05) is 65.4 Å². The van der Waals surface area contributed by atoms with E-state index in [9.17, 15) is 0 Å². The Balaban J connectivity index is -0.000000279. The summed E-state index contributed by atoms with van der Waals surface area (Å²) in [6.07, 6.45) is 51.5. The molecule has 0 N–H and O–H groups in total. The van der Waals surface area contributed by atoms with Crippen LogP contribution in [0.1, 0.15) is 395 Å². The molecule has 600 valence electrons. The van der Waals surface area contributed by atoms with Crippen molar-refractivity contribution in [3.63, 3.8) is 0 Å². The maximum Gasteiger partial charge on any atom is 5.00 e. The van der Waals surface area contributed by atoms with E-state index in [1.54, 1.807) is 0 Å². The van der Waals surface area contributed by atoms with Gasteiger partial charge in [0.2, 0.25) is 0 Å². The van der Waals surface area contributed by atoms with E-state index in [2.05, 4.69) is 163 Å². The molecule has 16 heteroatoms. The minimum atomic E-state index is 0. The van der Waals surface area contributed by atoms with Crippen LogP contribution in [0, 0.1) is 59.2 Å². The van der Waals surface area contributed by atoms with E-state index >= 15 is 0 Å². The topological polar surface area (TPSA) is 16.2 Å². The molecule has 0 saturated heterocycles. The first-order valence-electron chi connectivity index (χ1n) is 42.7. The van der Waals surface area contributed by atoms with Gasteiger partial charge in [-0.05, 0) is 123 Å². The van der Waals surface area contributed by atoms with Gasteiger partial charge >= 0.3 is 18.6 Å². The van der Waals surface area contributed by atoms with Crippen molar-refractivity contribution in [1.82, 2.24) is 24.5 Å². The molecule has 0 amide bonds. The molecular weight excluding hydrogens is 1460 g/mol. The van der Waals surface area contributed by atoms with Crippen LogP contribution in [0.25, 0.3) is 0 Å². The zero-order chi connectivity index (χ0) is 76.9. The van der Waals surface area contributed by atoms with Crippen LogP contribution in [0.2, 0.25) is 0 Å². The second kappa shape index (κ2) is 82.1. The molecule has 5 nitrogen and oxygen atoms in total. The van der Waals surface area contributed by atoms with Gasteiger partial charge in [-0.25, -0.2) is 0 Å². The summed E-state index contributed by atoms with van der Waals surface area (Å²) in [7, 11) is 0. The normalized spacial score (nSPS) is 13.9. The standard InChI is InChI=1S/5C17H35NS2.V/c5*1-5-9-11-15(7-3)13-18(17(19)20)14-16(8-4)12-10-6-2;/h5*15-16H,5-14H2,1-4H3,(H,19,20);/q;;;;;+5/p-5. The molecule has 0 radical (unpaired) electrons. The van der Waals surface area contributed by atoms with Crippen LogP contribution in [0.15, 0.2) is 0 Å². The SMILES string of the molecule is CCCCC(CC)CN(CC(CC)CCCC)C(=S)[S-].CCCCC(CC)CN(CC(CC)CCCC)C(=S)[S-].CCCCC(CC)CN(CC(CC)CCCC)C(=S)[S-].CCCCC(CC)CN(CC(CC)CCCC)C(=S)[S-].CCCCC(CC)CN(CC(CC)CCCC)C(=S)[S-].[V+5]. The molecule has 101 heavy (non-hydrogen) atoms. The Labute approximate surface area is 702 Å². The van der Waals surface area contributed by atoms with E-state index in [1.165, 1.54) is 257 Å². The Morgan fingerprint density at radius 3 is 0.317 bits per heavy atom. The third kappa shape index (κ3) is 67.7. The summed E-state index contributed by atoms with van der Waals surface area (Å²) in [5.41, 5.74) is 0. The molecule has 0 aromatic heterocycles. The van der Waals surface area contributed by atoms with E-state index < -0.39 is 0 Å². The van der Waals surface area contributed by atoms with Crippen LogP contribution in [0.3, 0.4) is 0 Å². The number of hydrogen-bond acceptors (Lipinski definition) is 10. The third-order valence-corrected chi connectivity index (χ3v) is 24.1. The Kier molecular flexibility index (Phi) is 91.9. The number of thiocarbonyl (C=S) groups is 5. The average molecular weight is 1630 g/mol. The van der Waals surface area contributed by atoms with Crippen molar-refractivity contribution in [1.29, 1.82) is 0 Å². The van der Waals surface area contributed by atoms with Gasteiger partial charge < -0.3 is 149 Å². The summed E-state index contributed by atoms with van der Waals surface area (Å²) >= 11 is 53.2. The minimum absolute atomic E-state index is 0. The number of hydrogen-bond donors (Lipinski definition) is 0. The third-order valence-electron chi connectivity index (χ3n) is 21.5. The maximum atomic E-state index is 5.32. The zero-order valence-electron chi connectivity index (χ0n) is 70.4. The van der Waals surface area contributed by atoms with Crippen molar-refractivity contribution in [3.8, 4) is 0 Å². The fourth-order valence-electron chi connectivity index (χ4n) is 13.4. The summed E-state index contributed by atoms with van der Waals surface area (Å²) in [6.45, 7) is 56.3. The van der Waals surface area contributed by atoms with Crippen molar-refractivity contribution >= 4 is 146 Å². The first-order chi connectivity index (χ1) is 47.9. The van der Waals surface area contributed by atoms with Crippen molar-refractivity contribution in [2.75, 3.05) is 65.4 Å². The number of unbranched alkanes of at least 4 members (excludes halogenated alkanes) is 10. The van der Waals surface area contributed by atoms with Gasteiger partial charge in [-0.1, -0.05) is 353 Å². The minimum Gasteiger partial charge on any atom is -0.411 e. The number of rotatable bonds is 60. The van der Waals surface area contributed by atoms with Crippen LogP contribution in [0.5, 0.6) is 0 Å². The molecule has 0 rings (SSSR count). The van der Waals surface area contributed by atoms with E-state index in [0.717, 1.165) is 125 Å². The predicted octanol–water partition coefficient (Wildman–Crippen LogP) is 27.8. The molecule has 0 saturated carbocycles. The first-order valence-corrected chi connectivity index (χ1v) is 46.8. The largest absolute Gasteiger partial charge is 5.00 e. The molecule has 0 aromatic carbocycles. The quantitative estimate of drug-likeness (QED) is 0.0425. The van der Waals surface area contributed by atoms with Crippen molar-refractivity contribution in [2.24, 2.45) is 59.2 Å². The van der Waals surface area contributed by atoms with E-state index in [0.29, 0.717) is 21.6 Å². The molecule has 10 atom stereocenters. The second-order valence-electron chi connectivity index (χ2n) is 30.0. The van der Waals surface area contributed by atoms with Gasteiger partial charge in [0.05, 0.1) is 0 Å². The van der Waals surface area contributed by atoms with Gasteiger partial charge in [0.1, 0.15) is 0 Å². The monoisotopic (exact) mass is 1630 g/mol. The average Bonchev–Trinajstić information content (AvgIpc) is 0.983. The fraction of sp³-hybridized carbons (Fsp3) is 0.941. The Bertz CT molecular complexity index is 1420. The van der Waals surface area contributed by atoms with E-state index in [1.807, 2.05) is 0 Å². The molecule has 0 bridgehead atoms. The van der Waals surface area contributed by atoms with Gasteiger partial charge in [-0.2, -0.15) is 0 Å². The Morgan fingerprint density at radius 2 is 0.267 bits per heavy atom. The summed E-state index contributed by atoms with van der Waals surface area (Å²) in [5.74, 6) is 7.50. The molecule has 0 fully saturated rings.